The monoisotopic (exact) mass is 431 g/mol. The number of nitrogens with zero attached hydrogens (tertiary/aromatic N) is 3. The summed E-state index contributed by atoms with van der Waals surface area (Å²) in [5.74, 6) is 0.874. The minimum absolute atomic E-state index is 0.292. The molecule has 1 aliphatic rings. The zero-order chi connectivity index (χ0) is 22.6. The largest absolute Gasteiger partial charge is 0.373 e. The predicted octanol–water partition coefficient (Wildman–Crippen LogP) is 3.47. The minimum Gasteiger partial charge on any atom is -0.373 e. The molecule has 2 N–H and O–H groups in total. The molecule has 3 unspecified atom stereocenters. The van der Waals surface area contributed by atoms with Crippen LogP contribution in [0.15, 0.2) is 29.3 Å². The van der Waals surface area contributed by atoms with Gasteiger partial charge < -0.3 is 20.3 Å². The van der Waals surface area contributed by atoms with E-state index in [0.717, 1.165) is 58.2 Å². The molecule has 0 spiro atoms. The van der Waals surface area contributed by atoms with Gasteiger partial charge in [0.25, 0.3) is 0 Å². The van der Waals surface area contributed by atoms with E-state index in [1.807, 2.05) is 7.05 Å². The lowest BCUT2D eigenvalue weighted by Gasteiger charge is -2.35. The van der Waals surface area contributed by atoms with Crippen molar-refractivity contribution < 1.29 is 4.74 Å². The number of hydrogen-bond donors (Lipinski definition) is 2. The first-order valence-electron chi connectivity index (χ1n) is 12.1. The Morgan fingerprint density at radius 3 is 2.42 bits per heavy atom. The first-order chi connectivity index (χ1) is 14.9. The van der Waals surface area contributed by atoms with Crippen LogP contribution < -0.4 is 10.6 Å². The number of ether oxygens (including phenoxy) is 1. The van der Waals surface area contributed by atoms with Crippen LogP contribution in [-0.2, 0) is 17.8 Å². The maximum atomic E-state index is 5.89. The predicted molar refractivity (Wildman–Crippen MR) is 132 cm³/mol. The molecular weight excluding hydrogens is 386 g/mol. The van der Waals surface area contributed by atoms with Crippen LogP contribution in [-0.4, -0.2) is 73.8 Å². The minimum atomic E-state index is 0.292. The zero-order valence-electron chi connectivity index (χ0n) is 20.7. The maximum absolute atomic E-state index is 5.89. The molecule has 0 aromatic heterocycles. The summed E-state index contributed by atoms with van der Waals surface area (Å²) in [5.41, 5.74) is 2.70. The fourth-order valence-electron chi connectivity index (χ4n) is 4.38. The second kappa shape index (κ2) is 13.7. The molecule has 0 saturated carbocycles. The van der Waals surface area contributed by atoms with E-state index >= 15 is 0 Å². The van der Waals surface area contributed by atoms with Crippen LogP contribution in [0.5, 0.6) is 0 Å². The van der Waals surface area contributed by atoms with E-state index in [1.54, 1.807) is 0 Å². The highest BCUT2D eigenvalue weighted by Crippen LogP contribution is 2.17. The van der Waals surface area contributed by atoms with Gasteiger partial charge in [-0.25, -0.2) is 0 Å². The standard InChI is InChI=1S/C25H45N5O/c1-7-29(8-2)15-11-12-20(3)28-25(26-6)27-16-23-13-9-10-14-24(23)19-30-17-21(4)31-22(5)18-30/h9-10,13-14,20-22H,7-8,11-12,15-19H2,1-6H3,(H2,26,27,28). The summed E-state index contributed by atoms with van der Waals surface area (Å²) >= 11 is 0. The fraction of sp³-hybridized carbons (Fsp3) is 0.720. The van der Waals surface area contributed by atoms with Crippen molar-refractivity contribution in [1.29, 1.82) is 0 Å². The molecule has 1 heterocycles. The molecule has 0 aliphatic carbocycles. The highest BCUT2D eigenvalue weighted by Gasteiger charge is 2.22. The van der Waals surface area contributed by atoms with E-state index in [4.69, 9.17) is 4.74 Å². The molecule has 31 heavy (non-hydrogen) atoms. The Morgan fingerprint density at radius 1 is 1.16 bits per heavy atom. The van der Waals surface area contributed by atoms with Gasteiger partial charge in [-0.15, -0.1) is 0 Å². The van der Waals surface area contributed by atoms with Crippen LogP contribution in [0.25, 0.3) is 0 Å². The Balaban J connectivity index is 1.84. The lowest BCUT2D eigenvalue weighted by atomic mass is 10.1. The van der Waals surface area contributed by atoms with Gasteiger partial charge >= 0.3 is 0 Å². The number of nitrogens with one attached hydrogen (secondary N) is 2. The fourth-order valence-corrected chi connectivity index (χ4v) is 4.38. The summed E-state index contributed by atoms with van der Waals surface area (Å²) in [6.07, 6.45) is 2.92. The van der Waals surface area contributed by atoms with E-state index in [0.29, 0.717) is 18.2 Å². The molecular formula is C25H45N5O. The summed E-state index contributed by atoms with van der Waals surface area (Å²) in [4.78, 5) is 9.42. The third-order valence-electron chi connectivity index (χ3n) is 6.07. The SMILES string of the molecule is CCN(CC)CCCC(C)NC(=NC)NCc1ccccc1CN1CC(C)OC(C)C1. The average molecular weight is 432 g/mol. The third-order valence-corrected chi connectivity index (χ3v) is 6.07. The van der Waals surface area contributed by atoms with Crippen LogP contribution in [0.1, 0.15) is 58.6 Å². The molecule has 1 aromatic carbocycles. The number of hydrogen-bond acceptors (Lipinski definition) is 4. The van der Waals surface area contributed by atoms with Gasteiger partial charge in [0.1, 0.15) is 0 Å². The summed E-state index contributed by atoms with van der Waals surface area (Å²) in [6.45, 7) is 18.2. The smallest absolute Gasteiger partial charge is 0.191 e. The van der Waals surface area contributed by atoms with Crippen molar-refractivity contribution in [3.8, 4) is 0 Å². The number of aliphatic imine (C=N–C) groups is 1. The van der Waals surface area contributed by atoms with Gasteiger partial charge in [-0.3, -0.25) is 9.89 Å². The molecule has 6 nitrogen and oxygen atoms in total. The molecule has 176 valence electrons. The van der Waals surface area contributed by atoms with Crippen LogP contribution in [0.4, 0.5) is 0 Å². The average Bonchev–Trinajstić information content (AvgIpc) is 2.74. The lowest BCUT2D eigenvalue weighted by molar-refractivity contribution is -0.0705. The van der Waals surface area contributed by atoms with Crippen molar-refractivity contribution in [3.05, 3.63) is 35.4 Å². The summed E-state index contributed by atoms with van der Waals surface area (Å²) in [5, 5.41) is 7.07. The van der Waals surface area contributed by atoms with Crippen molar-refractivity contribution >= 4 is 5.96 Å². The molecule has 1 fully saturated rings. The molecule has 1 aromatic rings. The third kappa shape index (κ3) is 9.17. The second-order valence-electron chi connectivity index (χ2n) is 8.86. The highest BCUT2D eigenvalue weighted by molar-refractivity contribution is 5.79. The lowest BCUT2D eigenvalue weighted by Crippen LogP contribution is -2.45. The second-order valence-corrected chi connectivity index (χ2v) is 8.86. The number of rotatable bonds is 11. The maximum Gasteiger partial charge on any atom is 0.191 e. The van der Waals surface area contributed by atoms with Crippen LogP contribution in [0, 0.1) is 0 Å². The Morgan fingerprint density at radius 2 is 1.81 bits per heavy atom. The molecule has 0 amide bonds. The van der Waals surface area contributed by atoms with E-state index < -0.39 is 0 Å². The Hall–Kier alpha value is -1.63. The van der Waals surface area contributed by atoms with E-state index in [1.165, 1.54) is 17.5 Å². The number of benzene rings is 1. The molecule has 1 saturated heterocycles. The van der Waals surface area contributed by atoms with Crippen molar-refractivity contribution in [2.45, 2.75) is 78.8 Å². The van der Waals surface area contributed by atoms with Crippen molar-refractivity contribution in [2.24, 2.45) is 4.99 Å². The summed E-state index contributed by atoms with van der Waals surface area (Å²) in [7, 11) is 1.85. The van der Waals surface area contributed by atoms with Gasteiger partial charge in [0, 0.05) is 39.3 Å². The molecule has 2 rings (SSSR count). The summed E-state index contributed by atoms with van der Waals surface area (Å²) in [6, 6.07) is 9.12. The molecule has 3 atom stereocenters. The Kier molecular flexibility index (Phi) is 11.3. The molecule has 1 aliphatic heterocycles. The van der Waals surface area contributed by atoms with Gasteiger partial charge in [-0.2, -0.15) is 0 Å². The van der Waals surface area contributed by atoms with Gasteiger partial charge in [0.15, 0.2) is 5.96 Å². The zero-order valence-corrected chi connectivity index (χ0v) is 20.7. The van der Waals surface area contributed by atoms with E-state index in [2.05, 4.69) is 84.3 Å². The van der Waals surface area contributed by atoms with Crippen LogP contribution in [0.2, 0.25) is 0 Å². The number of morpholine rings is 1. The van der Waals surface area contributed by atoms with Crippen LogP contribution >= 0.6 is 0 Å². The van der Waals surface area contributed by atoms with Crippen molar-refractivity contribution in [1.82, 2.24) is 20.4 Å². The first-order valence-corrected chi connectivity index (χ1v) is 12.1. The van der Waals surface area contributed by atoms with E-state index in [9.17, 15) is 0 Å². The van der Waals surface area contributed by atoms with Crippen molar-refractivity contribution in [3.63, 3.8) is 0 Å². The first kappa shape index (κ1) is 25.6. The van der Waals surface area contributed by atoms with Gasteiger partial charge in [0.05, 0.1) is 12.2 Å². The molecule has 0 bridgehead atoms. The number of guanidine groups is 1. The highest BCUT2D eigenvalue weighted by atomic mass is 16.5. The van der Waals surface area contributed by atoms with Crippen molar-refractivity contribution in [2.75, 3.05) is 39.8 Å². The van der Waals surface area contributed by atoms with Gasteiger partial charge in [-0.05, 0) is 64.4 Å². The normalized spacial score (nSPS) is 21.3. The van der Waals surface area contributed by atoms with E-state index in [-0.39, 0.29) is 0 Å². The molecule has 0 radical (unpaired) electrons. The van der Waals surface area contributed by atoms with Gasteiger partial charge in [-0.1, -0.05) is 38.1 Å². The summed E-state index contributed by atoms with van der Waals surface area (Å²) < 4.78 is 5.89. The Labute approximate surface area is 190 Å². The topological polar surface area (TPSA) is 52.1 Å². The Bertz CT molecular complexity index is 651. The van der Waals surface area contributed by atoms with Gasteiger partial charge in [0.2, 0.25) is 0 Å². The molecule has 6 heteroatoms. The quantitative estimate of drug-likeness (QED) is 0.415. The van der Waals surface area contributed by atoms with Crippen LogP contribution in [0.3, 0.4) is 0 Å².